The summed E-state index contributed by atoms with van der Waals surface area (Å²) >= 11 is 0. The molecule has 0 spiro atoms. The third kappa shape index (κ3) is 2.44. The molecule has 0 saturated heterocycles. The van der Waals surface area contributed by atoms with E-state index in [1.54, 1.807) is 0 Å². The molecule has 0 heterocycles. The molecular weight excluding hydrogens is 243 g/mol. The zero-order valence-corrected chi connectivity index (χ0v) is 7.66. The summed E-state index contributed by atoms with van der Waals surface area (Å²) in [5, 5.41) is 0. The van der Waals surface area contributed by atoms with Crippen LogP contribution in [0.3, 0.4) is 0 Å². The van der Waals surface area contributed by atoms with Gasteiger partial charge < -0.3 is 0 Å². The van der Waals surface area contributed by atoms with E-state index < -0.39 is 32.7 Å². The first-order valence-electron chi connectivity index (χ1n) is 3.44. The molecule has 1 aromatic rings. The monoisotopic (exact) mass is 246 g/mol. The molecule has 0 bridgehead atoms. The minimum atomic E-state index is -5.74. The molecule has 0 atom stereocenters. The first-order valence-corrected chi connectivity index (χ1v) is 4.83. The molecule has 8 heteroatoms. The minimum Gasteiger partial charge on any atom is -0.205 e. The minimum absolute atomic E-state index is 0.287. The van der Waals surface area contributed by atoms with Gasteiger partial charge in [-0.05, 0) is 12.1 Å². The summed E-state index contributed by atoms with van der Waals surface area (Å²) in [6.45, 7) is 0. The van der Waals surface area contributed by atoms with Gasteiger partial charge in [0.1, 0.15) is 10.7 Å². The molecule has 1 aromatic carbocycles. The van der Waals surface area contributed by atoms with Gasteiger partial charge in [-0.2, -0.15) is 21.6 Å². The van der Waals surface area contributed by atoms with Gasteiger partial charge in [0.25, 0.3) is 0 Å². The predicted molar refractivity (Wildman–Crippen MR) is 39.7 cm³/mol. The van der Waals surface area contributed by atoms with Crippen molar-refractivity contribution in [3.8, 4) is 0 Å². The van der Waals surface area contributed by atoms with Crippen molar-refractivity contribution in [2.45, 2.75) is 11.1 Å². The van der Waals surface area contributed by atoms with E-state index in [0.717, 1.165) is 0 Å². The molecule has 2 nitrogen and oxygen atoms in total. The highest BCUT2D eigenvalue weighted by molar-refractivity contribution is 7.86. The van der Waals surface area contributed by atoms with Gasteiger partial charge in [0.2, 0.25) is 0 Å². The summed E-state index contributed by atoms with van der Waals surface area (Å²) in [7, 11) is -5.74. The van der Waals surface area contributed by atoms with Crippen molar-refractivity contribution in [3.05, 3.63) is 29.6 Å². The zero-order valence-electron chi connectivity index (χ0n) is 6.85. The number of hydrogen-bond acceptors (Lipinski definition) is 2. The number of hydrogen-bond donors (Lipinski definition) is 0. The van der Waals surface area contributed by atoms with E-state index in [1.807, 2.05) is 0 Å². The number of halogens is 5. The summed E-state index contributed by atoms with van der Waals surface area (Å²) in [5.74, 6) is -1.77. The van der Waals surface area contributed by atoms with Gasteiger partial charge in [-0.1, -0.05) is 6.07 Å². The lowest BCUT2D eigenvalue weighted by molar-refractivity contribution is -0.140. The third-order valence-electron chi connectivity index (χ3n) is 1.52. The van der Waals surface area contributed by atoms with Crippen LogP contribution in [0.5, 0.6) is 0 Å². The van der Waals surface area contributed by atoms with E-state index in [-0.39, 0.29) is 6.07 Å². The van der Waals surface area contributed by atoms with Crippen molar-refractivity contribution >= 4 is 10.2 Å². The van der Waals surface area contributed by atoms with Crippen molar-refractivity contribution in [1.29, 1.82) is 0 Å². The second-order valence-electron chi connectivity index (χ2n) is 2.55. The third-order valence-corrected chi connectivity index (χ3v) is 2.42. The molecule has 0 aromatic heterocycles. The van der Waals surface area contributed by atoms with E-state index in [0.29, 0.717) is 12.1 Å². The van der Waals surface area contributed by atoms with Crippen molar-refractivity contribution in [1.82, 2.24) is 0 Å². The van der Waals surface area contributed by atoms with Gasteiger partial charge in [0.05, 0.1) is 5.56 Å². The van der Waals surface area contributed by atoms with Gasteiger partial charge in [0, 0.05) is 0 Å². The normalized spacial score (nSPS) is 12.9. The molecule has 0 unspecified atom stereocenters. The maximum Gasteiger partial charge on any atom is 0.417 e. The standard InChI is InChI=1S/C7H3F5O2S/c8-5-3-1-2-4(7(9,10)11)6(5)15(12,13)14/h1-3H. The van der Waals surface area contributed by atoms with Crippen molar-refractivity contribution in [2.75, 3.05) is 0 Å². The molecule has 0 fully saturated rings. The predicted octanol–water partition coefficient (Wildman–Crippen LogP) is 2.50. The molecule has 0 aliphatic carbocycles. The van der Waals surface area contributed by atoms with Crippen LogP contribution < -0.4 is 0 Å². The highest BCUT2D eigenvalue weighted by atomic mass is 32.3. The van der Waals surface area contributed by atoms with E-state index >= 15 is 0 Å². The number of rotatable bonds is 1. The zero-order chi connectivity index (χ0) is 11.9. The van der Waals surface area contributed by atoms with Crippen LogP contribution in [0.2, 0.25) is 0 Å². The Hall–Kier alpha value is -1.18. The fraction of sp³-hybridized carbons (Fsp3) is 0.143. The summed E-state index contributed by atoms with van der Waals surface area (Å²) in [6.07, 6.45) is -5.13. The lowest BCUT2D eigenvalue weighted by Gasteiger charge is -2.09. The molecule has 1 rings (SSSR count). The van der Waals surface area contributed by atoms with Crippen molar-refractivity contribution < 1.29 is 29.9 Å². The first-order chi connectivity index (χ1) is 6.64. The Bertz CT molecular complexity index is 477. The Morgan fingerprint density at radius 3 is 2.00 bits per heavy atom. The van der Waals surface area contributed by atoms with E-state index in [2.05, 4.69) is 0 Å². The average Bonchev–Trinajstić information content (AvgIpc) is 1.99. The molecule has 0 radical (unpaired) electrons. The Balaban J connectivity index is 3.63. The second kappa shape index (κ2) is 3.44. The molecule has 84 valence electrons. The fourth-order valence-corrected chi connectivity index (χ4v) is 1.73. The molecule has 15 heavy (non-hydrogen) atoms. The van der Waals surface area contributed by atoms with Gasteiger partial charge in [-0.25, -0.2) is 4.39 Å². The number of benzene rings is 1. The van der Waals surface area contributed by atoms with Gasteiger partial charge in [-0.15, -0.1) is 3.89 Å². The van der Waals surface area contributed by atoms with E-state index in [1.165, 1.54) is 0 Å². The van der Waals surface area contributed by atoms with Crippen LogP contribution in [0.25, 0.3) is 0 Å². The molecule has 0 aliphatic rings. The summed E-state index contributed by atoms with van der Waals surface area (Å²) in [6, 6.07) is 1.37. The Morgan fingerprint density at radius 1 is 1.13 bits per heavy atom. The quantitative estimate of drug-likeness (QED) is 0.563. The van der Waals surface area contributed by atoms with Crippen LogP contribution in [-0.4, -0.2) is 8.42 Å². The van der Waals surface area contributed by atoms with E-state index in [4.69, 9.17) is 0 Å². The smallest absolute Gasteiger partial charge is 0.205 e. The van der Waals surface area contributed by atoms with Crippen molar-refractivity contribution in [2.24, 2.45) is 0 Å². The highest BCUT2D eigenvalue weighted by Gasteiger charge is 2.39. The molecule has 0 saturated carbocycles. The average molecular weight is 246 g/mol. The molecule has 0 aliphatic heterocycles. The number of alkyl halides is 3. The lowest BCUT2D eigenvalue weighted by Crippen LogP contribution is -2.12. The fourth-order valence-electron chi connectivity index (χ4n) is 0.980. The van der Waals surface area contributed by atoms with Crippen LogP contribution in [0.15, 0.2) is 23.1 Å². The van der Waals surface area contributed by atoms with Gasteiger partial charge in [0.15, 0.2) is 0 Å². The van der Waals surface area contributed by atoms with Crippen LogP contribution in [0, 0.1) is 5.82 Å². The second-order valence-corrected chi connectivity index (χ2v) is 3.84. The lowest BCUT2D eigenvalue weighted by atomic mass is 10.2. The largest absolute Gasteiger partial charge is 0.417 e. The Kier molecular flexibility index (Phi) is 2.73. The van der Waals surface area contributed by atoms with Crippen LogP contribution in [0.4, 0.5) is 21.4 Å². The maximum absolute atomic E-state index is 12.8. The topological polar surface area (TPSA) is 34.1 Å². The van der Waals surface area contributed by atoms with Crippen LogP contribution >= 0.6 is 0 Å². The first kappa shape index (κ1) is 11.9. The molecular formula is C7H3F5O2S. The Morgan fingerprint density at radius 2 is 1.67 bits per heavy atom. The Labute approximate surface area is 81.5 Å². The van der Waals surface area contributed by atoms with Gasteiger partial charge in [-0.3, -0.25) is 0 Å². The highest BCUT2D eigenvalue weighted by Crippen LogP contribution is 2.35. The van der Waals surface area contributed by atoms with Crippen LogP contribution in [-0.2, 0) is 16.4 Å². The summed E-state index contributed by atoms with van der Waals surface area (Å²) in [4.78, 5) is -1.97. The molecule has 0 amide bonds. The maximum atomic E-state index is 12.8. The molecule has 0 N–H and O–H groups in total. The van der Waals surface area contributed by atoms with Crippen LogP contribution in [0.1, 0.15) is 5.56 Å². The summed E-state index contributed by atoms with van der Waals surface area (Å²) < 4.78 is 82.3. The van der Waals surface area contributed by atoms with Crippen molar-refractivity contribution in [3.63, 3.8) is 0 Å². The summed E-state index contributed by atoms with van der Waals surface area (Å²) in [5.41, 5.74) is -1.86. The SMILES string of the molecule is O=S(=O)(F)c1c(F)cccc1C(F)(F)F. The van der Waals surface area contributed by atoms with Gasteiger partial charge >= 0.3 is 16.4 Å². The van der Waals surface area contributed by atoms with E-state index in [9.17, 15) is 29.9 Å².